The van der Waals surface area contributed by atoms with Crippen molar-refractivity contribution in [2.24, 2.45) is 23.7 Å². The third-order valence-electron chi connectivity index (χ3n) is 4.91. The molecule has 0 amide bonds. The Morgan fingerprint density at radius 1 is 1.55 bits per heavy atom. The molecule has 0 saturated heterocycles. The zero-order valence-corrected chi connectivity index (χ0v) is 13.2. The number of carbonyl (C=O) groups excluding carboxylic acids is 1. The van der Waals surface area contributed by atoms with E-state index in [1.54, 1.807) is 6.08 Å². The number of aliphatic carboxylic acids is 1. The lowest BCUT2D eigenvalue weighted by Gasteiger charge is -2.46. The van der Waals surface area contributed by atoms with Crippen molar-refractivity contribution in [1.82, 2.24) is 0 Å². The van der Waals surface area contributed by atoms with Crippen LogP contribution in [0.2, 0.25) is 0 Å². The molecule has 1 fully saturated rings. The van der Waals surface area contributed by atoms with Gasteiger partial charge in [0.1, 0.15) is 12.2 Å². The fourth-order valence-electron chi connectivity index (χ4n) is 3.81. The predicted molar refractivity (Wildman–Crippen MR) is 78.0 cm³/mol. The maximum atomic E-state index is 12.4. The molecule has 1 aliphatic heterocycles. The van der Waals surface area contributed by atoms with E-state index in [-0.39, 0.29) is 36.5 Å². The number of fused-ring (bicyclic) bond motifs is 1. The average Bonchev–Trinajstić information content (AvgIpc) is 2.59. The van der Waals surface area contributed by atoms with Crippen LogP contribution >= 0.6 is 0 Å². The number of methoxy groups -OCH3 is 1. The van der Waals surface area contributed by atoms with Crippen LogP contribution in [0.4, 0.5) is 0 Å². The summed E-state index contributed by atoms with van der Waals surface area (Å²) in [7, 11) is 1.47. The van der Waals surface area contributed by atoms with Crippen molar-refractivity contribution in [3.05, 3.63) is 11.6 Å². The molecule has 2 aliphatic rings. The fraction of sp³-hybridized carbons (Fsp3) is 0.750. The van der Waals surface area contributed by atoms with Crippen molar-refractivity contribution in [2.75, 3.05) is 20.3 Å². The van der Waals surface area contributed by atoms with Crippen LogP contribution in [0.25, 0.3) is 0 Å². The molecule has 1 heterocycles. The second-order valence-electron chi connectivity index (χ2n) is 6.64. The molecule has 0 unspecified atom stereocenters. The summed E-state index contributed by atoms with van der Waals surface area (Å²) in [5, 5.41) is 20.1. The lowest BCUT2D eigenvalue weighted by Crippen LogP contribution is -2.55. The van der Waals surface area contributed by atoms with Crippen LogP contribution in [-0.4, -0.2) is 48.1 Å². The first kappa shape index (κ1) is 17.0. The van der Waals surface area contributed by atoms with Crippen LogP contribution in [0.5, 0.6) is 0 Å². The largest absolute Gasteiger partial charge is 0.478 e. The summed E-state index contributed by atoms with van der Waals surface area (Å²) in [4.78, 5) is 23.7. The van der Waals surface area contributed by atoms with E-state index in [1.807, 2.05) is 13.8 Å². The third kappa shape index (κ3) is 3.03. The summed E-state index contributed by atoms with van der Waals surface area (Å²) < 4.78 is 10.2. The molecule has 124 valence electrons. The quantitative estimate of drug-likeness (QED) is 0.758. The zero-order chi connectivity index (χ0) is 16.5. The van der Waals surface area contributed by atoms with Crippen LogP contribution in [0.1, 0.15) is 26.7 Å². The molecule has 0 bridgehead atoms. The van der Waals surface area contributed by atoms with E-state index in [0.29, 0.717) is 6.42 Å². The second-order valence-corrected chi connectivity index (χ2v) is 6.64. The molecule has 2 rings (SSSR count). The summed E-state index contributed by atoms with van der Waals surface area (Å²) in [6, 6.07) is 0. The Balaban J connectivity index is 2.47. The smallest absolute Gasteiger partial charge is 0.334 e. The molecule has 1 saturated carbocycles. The van der Waals surface area contributed by atoms with Crippen molar-refractivity contribution in [3.8, 4) is 0 Å². The van der Waals surface area contributed by atoms with E-state index in [4.69, 9.17) is 9.47 Å². The van der Waals surface area contributed by atoms with Crippen LogP contribution in [0.3, 0.4) is 0 Å². The monoisotopic (exact) mass is 312 g/mol. The van der Waals surface area contributed by atoms with Gasteiger partial charge < -0.3 is 19.7 Å². The molecule has 0 aromatic rings. The summed E-state index contributed by atoms with van der Waals surface area (Å²) in [5.41, 5.74) is -1.24. The number of rotatable bonds is 4. The highest BCUT2D eigenvalue weighted by atomic mass is 16.5. The third-order valence-corrected chi connectivity index (χ3v) is 4.91. The number of ether oxygens (including phenoxy) is 2. The topological polar surface area (TPSA) is 93.1 Å². The van der Waals surface area contributed by atoms with Gasteiger partial charge in [0, 0.05) is 7.11 Å². The van der Waals surface area contributed by atoms with Gasteiger partial charge in [0.05, 0.1) is 18.1 Å². The molecule has 6 heteroatoms. The summed E-state index contributed by atoms with van der Waals surface area (Å²) in [6.45, 7) is 3.87. The molecule has 0 spiro atoms. The van der Waals surface area contributed by atoms with Crippen LogP contribution in [0.15, 0.2) is 11.6 Å². The standard InChI is InChI=1S/C16H24O6/c1-9(2)11-4-5-16(20,8-21-3)13-12(11)6-10(14(17)18)7-22-15(13)19/h6,9,11-13,20H,4-5,7-8H2,1-3H3,(H,17,18)/t11-,12-,13-,16-/m1/s1. The Hall–Kier alpha value is -1.40. The number of cyclic esters (lactones) is 1. The minimum atomic E-state index is -1.31. The molecular weight excluding hydrogens is 288 g/mol. The molecule has 22 heavy (non-hydrogen) atoms. The first-order valence-corrected chi connectivity index (χ1v) is 7.62. The zero-order valence-electron chi connectivity index (χ0n) is 13.2. The number of allylic oxidation sites excluding steroid dienone is 1. The summed E-state index contributed by atoms with van der Waals surface area (Å²) in [6.07, 6.45) is 2.77. The minimum Gasteiger partial charge on any atom is -0.478 e. The van der Waals surface area contributed by atoms with Gasteiger partial charge in [-0.15, -0.1) is 0 Å². The minimum absolute atomic E-state index is 0.0321. The Kier molecular flexibility index (Phi) is 4.92. The van der Waals surface area contributed by atoms with E-state index in [2.05, 4.69) is 0 Å². The second kappa shape index (κ2) is 6.38. The van der Waals surface area contributed by atoms with Gasteiger partial charge in [0.2, 0.25) is 0 Å². The number of carbonyl (C=O) groups is 2. The number of esters is 1. The first-order valence-electron chi connectivity index (χ1n) is 7.62. The lowest BCUT2D eigenvalue weighted by molar-refractivity contribution is -0.175. The maximum Gasteiger partial charge on any atom is 0.334 e. The summed E-state index contributed by atoms with van der Waals surface area (Å²) in [5.74, 6) is -2.36. The van der Waals surface area contributed by atoms with Crippen LogP contribution < -0.4 is 0 Å². The van der Waals surface area contributed by atoms with Gasteiger partial charge in [0.25, 0.3) is 0 Å². The van der Waals surface area contributed by atoms with E-state index in [1.165, 1.54) is 7.11 Å². The Bertz CT molecular complexity index is 483. The van der Waals surface area contributed by atoms with Gasteiger partial charge in [0.15, 0.2) is 0 Å². The van der Waals surface area contributed by atoms with Gasteiger partial charge >= 0.3 is 11.9 Å². The van der Waals surface area contributed by atoms with E-state index < -0.39 is 23.5 Å². The summed E-state index contributed by atoms with van der Waals surface area (Å²) >= 11 is 0. The van der Waals surface area contributed by atoms with Crippen molar-refractivity contribution in [3.63, 3.8) is 0 Å². The van der Waals surface area contributed by atoms with E-state index in [0.717, 1.165) is 6.42 Å². The molecule has 0 aromatic carbocycles. The average molecular weight is 312 g/mol. The van der Waals surface area contributed by atoms with Crippen molar-refractivity contribution in [2.45, 2.75) is 32.3 Å². The number of carboxylic acid groups (broad SMARTS) is 1. The number of aliphatic hydroxyl groups is 1. The van der Waals surface area contributed by atoms with Crippen molar-refractivity contribution >= 4 is 11.9 Å². The van der Waals surface area contributed by atoms with Gasteiger partial charge in [-0.1, -0.05) is 19.9 Å². The predicted octanol–water partition coefficient (Wildman–Crippen LogP) is 1.23. The van der Waals surface area contributed by atoms with E-state index in [9.17, 15) is 19.8 Å². The van der Waals surface area contributed by atoms with Gasteiger partial charge in [-0.3, -0.25) is 4.79 Å². The van der Waals surface area contributed by atoms with Crippen LogP contribution in [0, 0.1) is 23.7 Å². The Labute approximate surface area is 130 Å². The number of carboxylic acids is 1. The number of hydrogen-bond donors (Lipinski definition) is 2. The van der Waals surface area contributed by atoms with Gasteiger partial charge in [-0.2, -0.15) is 0 Å². The molecule has 2 N–H and O–H groups in total. The van der Waals surface area contributed by atoms with Crippen molar-refractivity contribution < 1.29 is 29.3 Å². The Morgan fingerprint density at radius 3 is 2.77 bits per heavy atom. The molecular formula is C16H24O6. The SMILES string of the molecule is COC[C@]1(O)CC[C@H](C(C)C)[C@H]2C=C(C(=O)O)COC(=O)[C@@H]21. The highest BCUT2D eigenvalue weighted by Gasteiger charge is 2.53. The number of hydrogen-bond acceptors (Lipinski definition) is 5. The highest BCUT2D eigenvalue weighted by Crippen LogP contribution is 2.47. The fourth-order valence-corrected chi connectivity index (χ4v) is 3.81. The highest BCUT2D eigenvalue weighted by molar-refractivity contribution is 5.88. The van der Waals surface area contributed by atoms with Crippen molar-refractivity contribution in [1.29, 1.82) is 0 Å². The van der Waals surface area contributed by atoms with Crippen LogP contribution in [-0.2, 0) is 19.1 Å². The lowest BCUT2D eigenvalue weighted by atomic mass is 9.61. The molecule has 0 radical (unpaired) electrons. The molecule has 4 atom stereocenters. The Morgan fingerprint density at radius 2 is 2.23 bits per heavy atom. The van der Waals surface area contributed by atoms with Gasteiger partial charge in [-0.05, 0) is 30.6 Å². The normalized spacial score (nSPS) is 35.4. The molecule has 6 nitrogen and oxygen atoms in total. The van der Waals surface area contributed by atoms with Gasteiger partial charge in [-0.25, -0.2) is 4.79 Å². The van der Waals surface area contributed by atoms with E-state index >= 15 is 0 Å². The first-order chi connectivity index (χ1) is 10.3. The molecule has 1 aliphatic carbocycles. The maximum absolute atomic E-state index is 12.4. The molecule has 0 aromatic heterocycles.